The van der Waals surface area contributed by atoms with Gasteiger partial charge in [-0.05, 0) is 24.3 Å². The number of sulfonamides is 1. The van der Waals surface area contributed by atoms with E-state index in [9.17, 15) is 18.0 Å². The summed E-state index contributed by atoms with van der Waals surface area (Å²) in [7, 11) is -2.37. The molecule has 1 heterocycles. The average molecular weight is 354 g/mol. The van der Waals surface area contributed by atoms with E-state index in [4.69, 9.17) is 0 Å². The highest BCUT2D eigenvalue weighted by Crippen LogP contribution is 2.17. The monoisotopic (exact) mass is 354 g/mol. The summed E-state index contributed by atoms with van der Waals surface area (Å²) in [6, 6.07) is 5.85. The van der Waals surface area contributed by atoms with Gasteiger partial charge < -0.3 is 15.5 Å². The maximum atomic E-state index is 12.5. The number of benzene rings is 1. The Hall–Kier alpha value is -1.97. The Balaban J connectivity index is 2.05. The highest BCUT2D eigenvalue weighted by Gasteiger charge is 2.25. The zero-order chi connectivity index (χ0) is 17.7. The third kappa shape index (κ3) is 4.53. The fourth-order valence-corrected chi connectivity index (χ4v) is 3.50. The molecule has 1 fully saturated rings. The molecule has 0 radical (unpaired) electrons. The predicted molar refractivity (Wildman–Crippen MR) is 90.0 cm³/mol. The molecule has 0 saturated carbocycles. The van der Waals surface area contributed by atoms with Gasteiger partial charge in [-0.3, -0.25) is 9.59 Å². The van der Waals surface area contributed by atoms with Crippen LogP contribution in [0.4, 0.5) is 5.69 Å². The smallest absolute Gasteiger partial charge is 0.243 e. The van der Waals surface area contributed by atoms with Crippen LogP contribution in [0.15, 0.2) is 29.2 Å². The van der Waals surface area contributed by atoms with Crippen molar-refractivity contribution in [3.05, 3.63) is 24.3 Å². The molecule has 0 bridgehead atoms. The van der Waals surface area contributed by atoms with Crippen LogP contribution in [0.25, 0.3) is 0 Å². The second kappa shape index (κ2) is 7.73. The zero-order valence-corrected chi connectivity index (χ0v) is 14.6. The van der Waals surface area contributed by atoms with Gasteiger partial charge in [-0.25, -0.2) is 8.42 Å². The Bertz CT molecular complexity index is 697. The number of carbonyl (C=O) groups is 2. The van der Waals surface area contributed by atoms with Gasteiger partial charge in [0.1, 0.15) is 0 Å². The first-order valence-electron chi connectivity index (χ1n) is 7.63. The van der Waals surface area contributed by atoms with Gasteiger partial charge in [0.2, 0.25) is 21.8 Å². The Morgan fingerprint density at radius 3 is 2.33 bits per heavy atom. The maximum Gasteiger partial charge on any atom is 0.243 e. The Morgan fingerprint density at radius 2 is 1.79 bits per heavy atom. The molecule has 1 aromatic rings. The standard InChI is InChI=1S/C15H22N4O4S/c1-12(20)17-13-3-5-14(6-4-13)24(22,23)18(2)11-15(21)19-9-7-16-8-10-19/h3-6,16H,7-11H2,1-2H3,(H,17,20). The third-order valence-corrected chi connectivity index (χ3v) is 5.53. The van der Waals surface area contributed by atoms with Crippen molar-refractivity contribution in [2.45, 2.75) is 11.8 Å². The molecule has 1 aliphatic rings. The number of hydrogen-bond acceptors (Lipinski definition) is 5. The number of nitrogens with one attached hydrogen (secondary N) is 2. The number of hydrogen-bond donors (Lipinski definition) is 2. The number of rotatable bonds is 5. The molecule has 24 heavy (non-hydrogen) atoms. The van der Waals surface area contributed by atoms with Crippen LogP contribution in [0.2, 0.25) is 0 Å². The van der Waals surface area contributed by atoms with Crippen LogP contribution in [-0.4, -0.2) is 69.2 Å². The lowest BCUT2D eigenvalue weighted by atomic mass is 10.3. The van der Waals surface area contributed by atoms with Crippen molar-refractivity contribution in [3.63, 3.8) is 0 Å². The lowest BCUT2D eigenvalue weighted by molar-refractivity contribution is -0.131. The van der Waals surface area contributed by atoms with E-state index in [-0.39, 0.29) is 23.3 Å². The second-order valence-corrected chi connectivity index (χ2v) is 7.64. The van der Waals surface area contributed by atoms with Crippen LogP contribution in [0, 0.1) is 0 Å². The summed E-state index contributed by atoms with van der Waals surface area (Å²) in [6.45, 7) is 3.77. The highest BCUT2D eigenvalue weighted by molar-refractivity contribution is 7.89. The van der Waals surface area contributed by atoms with Crippen molar-refractivity contribution >= 4 is 27.5 Å². The van der Waals surface area contributed by atoms with Crippen molar-refractivity contribution in [3.8, 4) is 0 Å². The second-order valence-electron chi connectivity index (χ2n) is 5.60. The first-order valence-corrected chi connectivity index (χ1v) is 9.07. The lowest BCUT2D eigenvalue weighted by Gasteiger charge is -2.29. The summed E-state index contributed by atoms with van der Waals surface area (Å²) in [4.78, 5) is 24.9. The van der Waals surface area contributed by atoms with Crippen LogP contribution < -0.4 is 10.6 Å². The number of anilines is 1. The van der Waals surface area contributed by atoms with Gasteiger partial charge in [-0.1, -0.05) is 0 Å². The van der Waals surface area contributed by atoms with Crippen molar-refractivity contribution < 1.29 is 18.0 Å². The topological polar surface area (TPSA) is 98.8 Å². The highest BCUT2D eigenvalue weighted by atomic mass is 32.2. The van der Waals surface area contributed by atoms with E-state index in [1.807, 2.05) is 0 Å². The maximum absolute atomic E-state index is 12.5. The molecule has 1 saturated heterocycles. The lowest BCUT2D eigenvalue weighted by Crippen LogP contribution is -2.49. The normalized spacial score (nSPS) is 15.4. The largest absolute Gasteiger partial charge is 0.339 e. The molecule has 0 unspecified atom stereocenters. The first kappa shape index (κ1) is 18.4. The van der Waals surface area contributed by atoms with Crippen LogP contribution >= 0.6 is 0 Å². The van der Waals surface area contributed by atoms with E-state index >= 15 is 0 Å². The molecule has 8 nitrogen and oxygen atoms in total. The Labute approximate surface area is 141 Å². The fourth-order valence-electron chi connectivity index (χ4n) is 2.38. The van der Waals surface area contributed by atoms with Gasteiger partial charge in [0.05, 0.1) is 11.4 Å². The summed E-state index contributed by atoms with van der Waals surface area (Å²) >= 11 is 0. The Kier molecular flexibility index (Phi) is 5.92. The van der Waals surface area contributed by atoms with Gasteiger partial charge in [0, 0.05) is 45.8 Å². The molecular weight excluding hydrogens is 332 g/mol. The van der Waals surface area contributed by atoms with Crippen LogP contribution in [0.5, 0.6) is 0 Å². The number of piperazine rings is 1. The van der Waals surface area contributed by atoms with Crippen molar-refractivity contribution in [1.82, 2.24) is 14.5 Å². The molecular formula is C15H22N4O4S. The molecule has 2 amide bonds. The number of carbonyl (C=O) groups excluding carboxylic acids is 2. The van der Waals surface area contributed by atoms with Crippen molar-refractivity contribution in [1.29, 1.82) is 0 Å². The minimum Gasteiger partial charge on any atom is -0.339 e. The third-order valence-electron chi connectivity index (χ3n) is 3.71. The van der Waals surface area contributed by atoms with Gasteiger partial charge >= 0.3 is 0 Å². The van der Waals surface area contributed by atoms with Crippen LogP contribution in [0.3, 0.4) is 0 Å². The van der Waals surface area contributed by atoms with Gasteiger partial charge in [0.15, 0.2) is 0 Å². The van der Waals surface area contributed by atoms with E-state index < -0.39 is 10.0 Å². The van der Waals surface area contributed by atoms with E-state index in [2.05, 4.69) is 10.6 Å². The molecule has 9 heteroatoms. The van der Waals surface area contributed by atoms with Gasteiger partial charge in [-0.15, -0.1) is 0 Å². The molecule has 0 aromatic heterocycles. The molecule has 0 aliphatic carbocycles. The van der Waals surface area contributed by atoms with Gasteiger partial charge in [0.25, 0.3) is 0 Å². The molecule has 0 spiro atoms. The molecule has 1 aromatic carbocycles. The van der Waals surface area contributed by atoms with E-state index in [1.54, 1.807) is 4.90 Å². The zero-order valence-electron chi connectivity index (χ0n) is 13.8. The Morgan fingerprint density at radius 1 is 1.21 bits per heavy atom. The quantitative estimate of drug-likeness (QED) is 0.756. The van der Waals surface area contributed by atoms with Gasteiger partial charge in [-0.2, -0.15) is 4.31 Å². The SMILES string of the molecule is CC(=O)Nc1ccc(S(=O)(=O)N(C)CC(=O)N2CCNCC2)cc1. The molecule has 2 N–H and O–H groups in total. The first-order chi connectivity index (χ1) is 11.3. The summed E-state index contributed by atoms with van der Waals surface area (Å²) in [6.07, 6.45) is 0. The molecule has 132 valence electrons. The molecule has 2 rings (SSSR count). The summed E-state index contributed by atoms with van der Waals surface area (Å²) < 4.78 is 26.1. The summed E-state index contributed by atoms with van der Waals surface area (Å²) in [5.41, 5.74) is 0.515. The number of amides is 2. The van der Waals surface area contributed by atoms with E-state index in [1.165, 1.54) is 38.2 Å². The van der Waals surface area contributed by atoms with Crippen molar-refractivity contribution in [2.75, 3.05) is 45.1 Å². The number of nitrogens with zero attached hydrogens (tertiary/aromatic N) is 2. The van der Waals surface area contributed by atoms with Crippen LogP contribution in [0.1, 0.15) is 6.92 Å². The van der Waals surface area contributed by atoms with Crippen molar-refractivity contribution in [2.24, 2.45) is 0 Å². The average Bonchev–Trinajstić information content (AvgIpc) is 2.55. The molecule has 1 aliphatic heterocycles. The minimum atomic E-state index is -3.76. The van der Waals surface area contributed by atoms with E-state index in [0.29, 0.717) is 31.9 Å². The molecule has 0 atom stereocenters. The summed E-state index contributed by atoms with van der Waals surface area (Å²) in [5, 5.41) is 5.72. The van der Waals surface area contributed by atoms with Crippen LogP contribution in [-0.2, 0) is 19.6 Å². The number of likely N-dealkylation sites (N-methyl/N-ethyl adjacent to an activating group) is 1. The fraction of sp³-hybridized carbons (Fsp3) is 0.467. The predicted octanol–water partition coefficient (Wildman–Crippen LogP) is -0.303. The minimum absolute atomic E-state index is 0.0761. The summed E-state index contributed by atoms with van der Waals surface area (Å²) in [5.74, 6) is -0.443. The van der Waals surface area contributed by atoms with E-state index in [0.717, 1.165) is 4.31 Å².